The number of dihydropyridines is 1. The summed E-state index contributed by atoms with van der Waals surface area (Å²) < 4.78 is 1.23. The summed E-state index contributed by atoms with van der Waals surface area (Å²) in [5, 5.41) is 8.64. The Bertz CT molecular complexity index is 1030. The number of nitrogens with zero attached hydrogens (tertiary/aromatic N) is 1. The molecule has 0 saturated heterocycles. The minimum atomic E-state index is 0.213. The van der Waals surface area contributed by atoms with Crippen molar-refractivity contribution in [3.63, 3.8) is 0 Å². The smallest absolute Gasteiger partial charge is 0.166 e. The van der Waals surface area contributed by atoms with Crippen molar-refractivity contribution in [2.24, 2.45) is 0 Å². The Morgan fingerprint density at radius 2 is 2.03 bits per heavy atom. The van der Waals surface area contributed by atoms with Crippen molar-refractivity contribution in [2.45, 2.75) is 53.4 Å². The number of fused-ring (bicyclic) bond motifs is 1. The van der Waals surface area contributed by atoms with Crippen molar-refractivity contribution in [2.75, 3.05) is 31.5 Å². The number of rotatable bonds is 12. The number of allylic oxidation sites excluding steroid dienone is 3. The highest BCUT2D eigenvalue weighted by atomic mass is 32.1. The average molecular weight is 452 g/mol. The lowest BCUT2D eigenvalue weighted by molar-refractivity contribution is 0.0984. The molecule has 172 valence electrons. The second kappa shape index (κ2) is 11.5. The fourth-order valence-corrected chi connectivity index (χ4v) is 5.69. The second-order valence-electron chi connectivity index (χ2n) is 8.38. The number of carbonyl (C=O) groups is 1. The first kappa shape index (κ1) is 24.3. The van der Waals surface area contributed by atoms with Crippen molar-refractivity contribution in [1.82, 2.24) is 10.2 Å². The summed E-state index contributed by atoms with van der Waals surface area (Å²) in [6.07, 6.45) is 9.94. The van der Waals surface area contributed by atoms with E-state index in [1.165, 1.54) is 21.4 Å². The summed E-state index contributed by atoms with van der Waals surface area (Å²) in [5.41, 5.74) is 5.59. The van der Waals surface area contributed by atoms with Crippen LogP contribution in [0.5, 0.6) is 0 Å². The monoisotopic (exact) mass is 451 g/mol. The van der Waals surface area contributed by atoms with E-state index in [0.717, 1.165) is 67.1 Å². The molecule has 0 spiro atoms. The van der Waals surface area contributed by atoms with Gasteiger partial charge in [0.05, 0.1) is 5.56 Å². The molecule has 0 amide bonds. The van der Waals surface area contributed by atoms with Crippen LogP contribution in [0.15, 0.2) is 42.8 Å². The molecule has 1 aliphatic rings. The minimum absolute atomic E-state index is 0.213. The van der Waals surface area contributed by atoms with Gasteiger partial charge in [0.15, 0.2) is 5.78 Å². The van der Waals surface area contributed by atoms with Crippen molar-refractivity contribution in [3.8, 4) is 0 Å². The van der Waals surface area contributed by atoms with Crippen LogP contribution in [0.1, 0.15) is 68.4 Å². The number of nitrogens with one attached hydrogen (secondary N) is 2. The number of thiophene rings is 1. The van der Waals surface area contributed by atoms with E-state index in [1.54, 1.807) is 11.3 Å². The molecule has 3 rings (SSSR count). The lowest BCUT2D eigenvalue weighted by atomic mass is 9.92. The van der Waals surface area contributed by atoms with Crippen LogP contribution in [0.2, 0.25) is 0 Å². The molecule has 4 nitrogen and oxygen atoms in total. The predicted octanol–water partition coefficient (Wildman–Crippen LogP) is 6.60. The third-order valence-electron chi connectivity index (χ3n) is 5.97. The maximum Gasteiger partial charge on any atom is 0.166 e. The molecule has 5 heteroatoms. The molecule has 1 aromatic carbocycles. The van der Waals surface area contributed by atoms with E-state index in [1.807, 2.05) is 13.1 Å². The number of carbonyl (C=O) groups excluding carboxylic acids is 1. The zero-order valence-corrected chi connectivity index (χ0v) is 20.8. The Morgan fingerprint density at radius 3 is 2.66 bits per heavy atom. The molecule has 1 aliphatic heterocycles. The van der Waals surface area contributed by atoms with Crippen molar-refractivity contribution >= 4 is 37.8 Å². The molecule has 32 heavy (non-hydrogen) atoms. The van der Waals surface area contributed by atoms with Gasteiger partial charge in [0, 0.05) is 28.7 Å². The molecule has 1 aromatic heterocycles. The molecule has 0 atom stereocenters. The van der Waals surface area contributed by atoms with Crippen molar-refractivity contribution in [1.29, 1.82) is 0 Å². The quantitative estimate of drug-likeness (QED) is 0.357. The fraction of sp³-hybridized carbons (Fsp3) is 0.444. The van der Waals surface area contributed by atoms with Gasteiger partial charge in [-0.3, -0.25) is 4.79 Å². The maximum absolute atomic E-state index is 13.1. The van der Waals surface area contributed by atoms with Gasteiger partial charge >= 0.3 is 0 Å². The highest BCUT2D eigenvalue weighted by molar-refractivity contribution is 7.23. The normalized spacial score (nSPS) is 13.3. The van der Waals surface area contributed by atoms with E-state index < -0.39 is 0 Å². The maximum atomic E-state index is 13.1. The molecular formula is C27H37N3OS. The van der Waals surface area contributed by atoms with Gasteiger partial charge in [-0.05, 0) is 74.8 Å². The summed E-state index contributed by atoms with van der Waals surface area (Å²) in [4.78, 5) is 15.6. The number of aryl methyl sites for hydroxylation is 1. The van der Waals surface area contributed by atoms with E-state index in [4.69, 9.17) is 0 Å². The van der Waals surface area contributed by atoms with Crippen LogP contribution in [0.4, 0.5) is 5.00 Å². The van der Waals surface area contributed by atoms with Crippen LogP contribution in [0, 0.1) is 0 Å². The van der Waals surface area contributed by atoms with E-state index in [9.17, 15) is 4.79 Å². The number of hydrogen-bond acceptors (Lipinski definition) is 5. The Kier molecular flexibility index (Phi) is 8.71. The molecule has 0 bridgehead atoms. The highest BCUT2D eigenvalue weighted by Gasteiger charge is 2.22. The van der Waals surface area contributed by atoms with E-state index in [2.05, 4.69) is 67.2 Å². The molecule has 2 N–H and O–H groups in total. The lowest BCUT2D eigenvalue weighted by Gasteiger charge is -2.19. The standard InChI is InChI=1S/C27H37N3OS/c1-6-10-24(31)25-23-13-12-21(20-14-16-28-17-15-20)22(11-9-18-30(7-2)8-3)26(23)32-27(25)29-19(4)5/h12-16,28-29H,4,6-11,17-18H2,1-3,5H3. The molecule has 2 aromatic rings. The number of benzene rings is 1. The molecule has 2 heterocycles. The van der Waals surface area contributed by atoms with Crippen molar-refractivity contribution < 1.29 is 4.79 Å². The summed E-state index contributed by atoms with van der Waals surface area (Å²) in [6.45, 7) is 16.6. The number of anilines is 1. The van der Waals surface area contributed by atoms with Crippen LogP contribution in [0.25, 0.3) is 15.7 Å². The third kappa shape index (κ3) is 5.51. The first-order valence-electron chi connectivity index (χ1n) is 11.9. The highest BCUT2D eigenvalue weighted by Crippen LogP contribution is 2.42. The first-order chi connectivity index (χ1) is 15.5. The van der Waals surface area contributed by atoms with Gasteiger partial charge in [0.2, 0.25) is 0 Å². The molecule has 0 fully saturated rings. The lowest BCUT2D eigenvalue weighted by Crippen LogP contribution is -2.24. The summed E-state index contributed by atoms with van der Waals surface area (Å²) in [7, 11) is 0. The van der Waals surface area contributed by atoms with E-state index in [0.29, 0.717) is 6.42 Å². The molecule has 0 aliphatic carbocycles. The summed E-state index contributed by atoms with van der Waals surface area (Å²) in [5.74, 6) is 0.213. The Morgan fingerprint density at radius 1 is 1.25 bits per heavy atom. The summed E-state index contributed by atoms with van der Waals surface area (Å²) >= 11 is 1.71. The van der Waals surface area contributed by atoms with E-state index >= 15 is 0 Å². The van der Waals surface area contributed by atoms with E-state index in [-0.39, 0.29) is 5.78 Å². The number of ketones is 1. The average Bonchev–Trinajstić information content (AvgIpc) is 3.15. The molecule has 0 saturated carbocycles. The predicted molar refractivity (Wildman–Crippen MR) is 141 cm³/mol. The second-order valence-corrected chi connectivity index (χ2v) is 9.41. The zero-order valence-electron chi connectivity index (χ0n) is 20.0. The summed E-state index contributed by atoms with van der Waals surface area (Å²) in [6, 6.07) is 4.37. The molecule has 0 radical (unpaired) electrons. The van der Waals surface area contributed by atoms with Gasteiger partial charge in [-0.2, -0.15) is 0 Å². The minimum Gasteiger partial charge on any atom is -0.387 e. The topological polar surface area (TPSA) is 44.4 Å². The van der Waals surface area contributed by atoms with Crippen LogP contribution >= 0.6 is 11.3 Å². The molecular weight excluding hydrogens is 414 g/mol. The van der Waals surface area contributed by atoms with Gasteiger partial charge in [-0.1, -0.05) is 45.6 Å². The van der Waals surface area contributed by atoms with Crippen LogP contribution < -0.4 is 10.6 Å². The molecule has 0 unspecified atom stereocenters. The van der Waals surface area contributed by atoms with Crippen LogP contribution in [-0.2, 0) is 6.42 Å². The van der Waals surface area contributed by atoms with Gasteiger partial charge in [0.1, 0.15) is 5.00 Å². The van der Waals surface area contributed by atoms with Crippen LogP contribution in [-0.4, -0.2) is 36.9 Å². The Labute approximate surface area is 197 Å². The zero-order chi connectivity index (χ0) is 23.1. The van der Waals surface area contributed by atoms with Crippen LogP contribution in [0.3, 0.4) is 0 Å². The van der Waals surface area contributed by atoms with Gasteiger partial charge in [-0.25, -0.2) is 0 Å². The van der Waals surface area contributed by atoms with Gasteiger partial charge in [-0.15, -0.1) is 11.3 Å². The Hall–Kier alpha value is -2.37. The first-order valence-corrected chi connectivity index (χ1v) is 12.7. The van der Waals surface area contributed by atoms with Crippen molar-refractivity contribution in [3.05, 3.63) is 59.5 Å². The number of Topliss-reactive ketones (excluding diaryl/α,β-unsaturated/α-hetero) is 1. The largest absolute Gasteiger partial charge is 0.387 e. The Balaban J connectivity index is 2.12. The number of hydrogen-bond donors (Lipinski definition) is 2. The third-order valence-corrected chi connectivity index (χ3v) is 7.15. The van der Waals surface area contributed by atoms with Gasteiger partial charge < -0.3 is 15.5 Å². The SMILES string of the molecule is C=C(C)Nc1sc2c(CCCN(CC)CC)c(C3=CCNC=C3)ccc2c1C(=O)CCC. The van der Waals surface area contributed by atoms with Gasteiger partial charge in [0.25, 0.3) is 0 Å². The fourth-order valence-electron chi connectivity index (χ4n) is 4.32.